The summed E-state index contributed by atoms with van der Waals surface area (Å²) in [5.41, 5.74) is 3.45. The van der Waals surface area contributed by atoms with Crippen molar-refractivity contribution >= 4 is 17.3 Å². The molecule has 0 aliphatic rings. The molecule has 4 rings (SSSR count). The Morgan fingerprint density at radius 1 is 1.23 bits per heavy atom. The number of nitrogens with one attached hydrogen (secondary N) is 1. The number of aryl methyl sites for hydroxylation is 2. The van der Waals surface area contributed by atoms with E-state index in [0.29, 0.717) is 18.2 Å². The first-order valence-electron chi connectivity index (χ1n) is 9.55. The first kappa shape index (κ1) is 19.7. The first-order chi connectivity index (χ1) is 14.7. The van der Waals surface area contributed by atoms with Crippen molar-refractivity contribution in [3.63, 3.8) is 0 Å². The van der Waals surface area contributed by atoms with Gasteiger partial charge in [0.25, 0.3) is 0 Å². The third-order valence-electron chi connectivity index (χ3n) is 4.57. The molecule has 0 saturated carbocycles. The predicted molar refractivity (Wildman–Crippen MR) is 115 cm³/mol. The van der Waals surface area contributed by atoms with Crippen LogP contribution in [0.1, 0.15) is 28.6 Å². The number of aromatic nitrogens is 6. The second kappa shape index (κ2) is 9.24. The van der Waals surface area contributed by atoms with Crippen LogP contribution >= 0.6 is 11.3 Å². The Morgan fingerprint density at radius 3 is 2.87 bits per heavy atom. The van der Waals surface area contributed by atoms with Gasteiger partial charge in [-0.1, -0.05) is 30.3 Å². The van der Waals surface area contributed by atoms with Gasteiger partial charge in [-0.3, -0.25) is 4.68 Å². The average Bonchev–Trinajstić information content (AvgIpc) is 3.47. The lowest BCUT2D eigenvalue weighted by Gasteiger charge is -2.11. The topological polar surface area (TPSA) is 105 Å². The number of hydrogen-bond donors (Lipinski definition) is 1. The quantitative estimate of drug-likeness (QED) is 0.437. The molecule has 9 heteroatoms. The Hall–Kier alpha value is -3.64. The molecular formula is C21H20N8S. The lowest BCUT2D eigenvalue weighted by molar-refractivity contribution is 0.589. The Balaban J connectivity index is 1.48. The van der Waals surface area contributed by atoms with E-state index in [9.17, 15) is 5.26 Å². The number of anilines is 1. The van der Waals surface area contributed by atoms with Gasteiger partial charge in [0.1, 0.15) is 23.6 Å². The zero-order valence-electron chi connectivity index (χ0n) is 16.4. The summed E-state index contributed by atoms with van der Waals surface area (Å²) in [5.74, 6) is -0.0274. The second-order valence-electron chi connectivity index (χ2n) is 6.70. The molecule has 0 spiro atoms. The standard InChI is InChI=1S/C21H20N8S/c1-15-11-25-21(24-8-5-9-29-14-23-13-26-29)28-19(15)17(10-22)20-27-18(12-30-20)16-6-3-2-4-7-16/h2-4,6-7,11-14,17H,5,8-9H2,1H3,(H,24,25,28). The third kappa shape index (κ3) is 4.50. The molecule has 1 N–H and O–H groups in total. The molecule has 0 fully saturated rings. The minimum Gasteiger partial charge on any atom is -0.354 e. The summed E-state index contributed by atoms with van der Waals surface area (Å²) in [6, 6.07) is 12.3. The van der Waals surface area contributed by atoms with Crippen molar-refractivity contribution < 1.29 is 0 Å². The van der Waals surface area contributed by atoms with E-state index in [1.54, 1.807) is 17.2 Å². The second-order valence-corrected chi connectivity index (χ2v) is 7.59. The van der Waals surface area contributed by atoms with Gasteiger partial charge < -0.3 is 5.32 Å². The van der Waals surface area contributed by atoms with Crippen LogP contribution in [0.4, 0.5) is 5.95 Å². The minimum atomic E-state index is -0.536. The molecule has 150 valence electrons. The molecule has 0 aliphatic carbocycles. The summed E-state index contributed by atoms with van der Waals surface area (Å²) in [5, 5.41) is 19.9. The van der Waals surface area contributed by atoms with Crippen LogP contribution in [-0.2, 0) is 6.54 Å². The lowest BCUT2D eigenvalue weighted by Crippen LogP contribution is -2.12. The molecule has 0 radical (unpaired) electrons. The summed E-state index contributed by atoms with van der Waals surface area (Å²) >= 11 is 1.48. The number of nitriles is 1. The molecule has 1 atom stereocenters. The molecule has 0 bridgehead atoms. The van der Waals surface area contributed by atoms with Crippen LogP contribution in [0.25, 0.3) is 11.3 Å². The fraction of sp³-hybridized carbons (Fsp3) is 0.238. The lowest BCUT2D eigenvalue weighted by atomic mass is 10.0. The number of hydrogen-bond acceptors (Lipinski definition) is 8. The van der Waals surface area contributed by atoms with E-state index in [0.717, 1.165) is 34.8 Å². The molecule has 3 heterocycles. The van der Waals surface area contributed by atoms with E-state index in [2.05, 4.69) is 31.4 Å². The Morgan fingerprint density at radius 2 is 2.10 bits per heavy atom. The smallest absolute Gasteiger partial charge is 0.222 e. The Labute approximate surface area is 178 Å². The van der Waals surface area contributed by atoms with E-state index in [-0.39, 0.29) is 0 Å². The summed E-state index contributed by atoms with van der Waals surface area (Å²) in [4.78, 5) is 17.6. The van der Waals surface area contributed by atoms with Crippen LogP contribution in [0, 0.1) is 18.3 Å². The number of nitrogens with zero attached hydrogens (tertiary/aromatic N) is 7. The molecule has 0 amide bonds. The van der Waals surface area contributed by atoms with Gasteiger partial charge in [-0.2, -0.15) is 10.4 Å². The summed E-state index contributed by atoms with van der Waals surface area (Å²) in [7, 11) is 0. The highest BCUT2D eigenvalue weighted by molar-refractivity contribution is 7.10. The monoisotopic (exact) mass is 416 g/mol. The summed E-state index contributed by atoms with van der Waals surface area (Å²) in [6.45, 7) is 3.36. The fourth-order valence-electron chi connectivity index (χ4n) is 3.02. The first-order valence-corrected chi connectivity index (χ1v) is 10.4. The average molecular weight is 417 g/mol. The SMILES string of the molecule is Cc1cnc(NCCCn2cncn2)nc1C(C#N)c1nc(-c2ccccc2)cs1. The number of benzene rings is 1. The van der Waals surface area contributed by atoms with E-state index in [1.807, 2.05) is 42.6 Å². The molecule has 8 nitrogen and oxygen atoms in total. The summed E-state index contributed by atoms with van der Waals surface area (Å²) < 4.78 is 1.78. The van der Waals surface area contributed by atoms with E-state index >= 15 is 0 Å². The van der Waals surface area contributed by atoms with Gasteiger partial charge in [0.05, 0.1) is 17.5 Å². The van der Waals surface area contributed by atoms with Crippen LogP contribution in [0.2, 0.25) is 0 Å². The van der Waals surface area contributed by atoms with Crippen molar-refractivity contribution in [1.29, 1.82) is 5.26 Å². The Bertz CT molecular complexity index is 1130. The normalized spacial score (nSPS) is 11.7. The maximum atomic E-state index is 9.87. The van der Waals surface area contributed by atoms with E-state index < -0.39 is 5.92 Å². The van der Waals surface area contributed by atoms with Crippen molar-refractivity contribution in [2.45, 2.75) is 25.8 Å². The molecule has 0 saturated heterocycles. The van der Waals surface area contributed by atoms with Gasteiger partial charge >= 0.3 is 0 Å². The van der Waals surface area contributed by atoms with Gasteiger partial charge in [-0.15, -0.1) is 11.3 Å². The van der Waals surface area contributed by atoms with Crippen molar-refractivity contribution in [2.75, 3.05) is 11.9 Å². The zero-order chi connectivity index (χ0) is 20.8. The Kier molecular flexibility index (Phi) is 6.06. The van der Waals surface area contributed by atoms with Crippen LogP contribution in [0.15, 0.2) is 54.6 Å². The molecular weight excluding hydrogens is 396 g/mol. The highest BCUT2D eigenvalue weighted by Gasteiger charge is 2.22. The van der Waals surface area contributed by atoms with E-state index in [1.165, 1.54) is 17.7 Å². The van der Waals surface area contributed by atoms with Gasteiger partial charge in [0, 0.05) is 30.2 Å². The minimum absolute atomic E-state index is 0.509. The molecule has 0 aliphatic heterocycles. The number of thiazole rings is 1. The van der Waals surface area contributed by atoms with E-state index in [4.69, 9.17) is 4.98 Å². The van der Waals surface area contributed by atoms with Gasteiger partial charge in [0.15, 0.2) is 0 Å². The largest absolute Gasteiger partial charge is 0.354 e. The van der Waals surface area contributed by atoms with Gasteiger partial charge in [-0.25, -0.2) is 19.9 Å². The maximum absolute atomic E-state index is 9.87. The zero-order valence-corrected chi connectivity index (χ0v) is 17.3. The van der Waals surface area contributed by atoms with Crippen LogP contribution in [0.5, 0.6) is 0 Å². The van der Waals surface area contributed by atoms with Gasteiger partial charge in [0.2, 0.25) is 5.95 Å². The van der Waals surface area contributed by atoms with Crippen molar-refractivity contribution in [1.82, 2.24) is 29.7 Å². The van der Waals surface area contributed by atoms with Crippen molar-refractivity contribution in [2.24, 2.45) is 0 Å². The van der Waals surface area contributed by atoms with Crippen LogP contribution < -0.4 is 5.32 Å². The molecule has 30 heavy (non-hydrogen) atoms. The molecule has 1 unspecified atom stereocenters. The molecule has 1 aromatic carbocycles. The number of rotatable bonds is 8. The van der Waals surface area contributed by atoms with Crippen LogP contribution in [-0.4, -0.2) is 36.3 Å². The maximum Gasteiger partial charge on any atom is 0.222 e. The third-order valence-corrected chi connectivity index (χ3v) is 5.48. The molecule has 4 aromatic rings. The summed E-state index contributed by atoms with van der Waals surface area (Å²) in [6.07, 6.45) is 5.81. The van der Waals surface area contributed by atoms with Crippen LogP contribution in [0.3, 0.4) is 0 Å². The highest BCUT2D eigenvalue weighted by atomic mass is 32.1. The molecule has 3 aromatic heterocycles. The fourth-order valence-corrected chi connectivity index (χ4v) is 3.89. The van der Waals surface area contributed by atoms with Crippen molar-refractivity contribution in [3.8, 4) is 17.3 Å². The predicted octanol–water partition coefficient (Wildman–Crippen LogP) is 3.66. The van der Waals surface area contributed by atoms with Crippen molar-refractivity contribution in [3.05, 3.63) is 70.8 Å². The highest BCUT2D eigenvalue weighted by Crippen LogP contribution is 2.31. The van der Waals surface area contributed by atoms with Gasteiger partial charge in [-0.05, 0) is 18.9 Å².